The Morgan fingerprint density at radius 1 is 1.15 bits per heavy atom. The van der Waals surface area contributed by atoms with E-state index in [1.165, 1.54) is 37.9 Å². The van der Waals surface area contributed by atoms with E-state index in [0.717, 1.165) is 42.5 Å². The second-order valence-electron chi connectivity index (χ2n) is 7.69. The molecule has 1 unspecified atom stereocenters. The van der Waals surface area contributed by atoms with Crippen LogP contribution < -0.4 is 10.6 Å². The van der Waals surface area contributed by atoms with Crippen molar-refractivity contribution >= 4 is 45.9 Å². The predicted molar refractivity (Wildman–Crippen MR) is 128 cm³/mol. The maximum absolute atomic E-state index is 4.42. The number of aliphatic imine (C=N–C) groups is 1. The first-order valence-corrected chi connectivity index (χ1v) is 10.5. The molecular formula is C20H33BrIN5. The van der Waals surface area contributed by atoms with Gasteiger partial charge in [-0.1, -0.05) is 28.1 Å². The summed E-state index contributed by atoms with van der Waals surface area (Å²) in [6, 6.07) is 9.19. The fourth-order valence-electron chi connectivity index (χ4n) is 3.91. The number of benzene rings is 1. The molecule has 1 aromatic rings. The first kappa shape index (κ1) is 22.9. The van der Waals surface area contributed by atoms with Gasteiger partial charge in [0.05, 0.1) is 0 Å². The normalized spacial score (nSPS) is 22.5. The lowest BCUT2D eigenvalue weighted by Gasteiger charge is -2.33. The summed E-state index contributed by atoms with van der Waals surface area (Å²) in [5.41, 5.74) is 1.39. The standard InChI is InChI=1S/C20H32BrN5.HI/c1-22-20(23-13-17-7-10-25(2)14-17)24-19-8-11-26(12-9-19)15-16-3-5-18(21)6-4-16;/h3-6,17,19H,7-15H2,1-2H3,(H2,22,23,24);1H. The van der Waals surface area contributed by atoms with Crippen LogP contribution >= 0.6 is 39.9 Å². The van der Waals surface area contributed by atoms with Crippen molar-refractivity contribution in [3.63, 3.8) is 0 Å². The Morgan fingerprint density at radius 3 is 2.44 bits per heavy atom. The fraction of sp³-hybridized carbons (Fsp3) is 0.650. The Bertz CT molecular complexity index is 587. The van der Waals surface area contributed by atoms with Crippen LogP contribution in [0.15, 0.2) is 33.7 Å². The van der Waals surface area contributed by atoms with Gasteiger partial charge in [0.15, 0.2) is 5.96 Å². The topological polar surface area (TPSA) is 42.9 Å². The van der Waals surface area contributed by atoms with Crippen LogP contribution in [0.25, 0.3) is 0 Å². The average Bonchev–Trinajstić information content (AvgIpc) is 3.07. The quantitative estimate of drug-likeness (QED) is 0.336. The maximum atomic E-state index is 4.42. The first-order valence-electron chi connectivity index (χ1n) is 9.75. The number of nitrogens with zero attached hydrogens (tertiary/aromatic N) is 3. The molecule has 0 bridgehead atoms. The molecule has 2 saturated heterocycles. The van der Waals surface area contributed by atoms with Crippen LogP contribution in [0.4, 0.5) is 0 Å². The molecule has 0 aromatic heterocycles. The van der Waals surface area contributed by atoms with Gasteiger partial charge in [0.1, 0.15) is 0 Å². The molecule has 0 radical (unpaired) electrons. The highest BCUT2D eigenvalue weighted by Gasteiger charge is 2.22. The van der Waals surface area contributed by atoms with E-state index in [1.807, 2.05) is 7.05 Å². The molecule has 0 saturated carbocycles. The molecular weight excluding hydrogens is 517 g/mol. The molecule has 1 aromatic carbocycles. The Morgan fingerprint density at radius 2 is 1.85 bits per heavy atom. The van der Waals surface area contributed by atoms with E-state index in [9.17, 15) is 0 Å². The van der Waals surface area contributed by atoms with Crippen molar-refractivity contribution in [1.29, 1.82) is 0 Å². The highest BCUT2D eigenvalue weighted by atomic mass is 127. The van der Waals surface area contributed by atoms with Crippen LogP contribution in [-0.2, 0) is 6.54 Å². The highest BCUT2D eigenvalue weighted by Crippen LogP contribution is 2.16. The molecule has 27 heavy (non-hydrogen) atoms. The summed E-state index contributed by atoms with van der Waals surface area (Å²) >= 11 is 3.50. The molecule has 152 valence electrons. The minimum absolute atomic E-state index is 0. The van der Waals surface area contributed by atoms with Gasteiger partial charge >= 0.3 is 0 Å². The van der Waals surface area contributed by atoms with E-state index in [4.69, 9.17) is 0 Å². The van der Waals surface area contributed by atoms with Gasteiger partial charge in [-0.05, 0) is 56.5 Å². The Hall–Kier alpha value is -0.380. The average molecular weight is 550 g/mol. The number of rotatable bonds is 5. The van der Waals surface area contributed by atoms with E-state index in [0.29, 0.717) is 6.04 Å². The van der Waals surface area contributed by atoms with Crippen molar-refractivity contribution < 1.29 is 0 Å². The van der Waals surface area contributed by atoms with Crippen LogP contribution in [0, 0.1) is 5.92 Å². The summed E-state index contributed by atoms with van der Waals surface area (Å²) in [5, 5.41) is 7.15. The molecule has 1 atom stereocenters. The molecule has 0 aliphatic carbocycles. The van der Waals surface area contributed by atoms with Crippen molar-refractivity contribution in [2.45, 2.75) is 31.8 Å². The third-order valence-corrected chi connectivity index (χ3v) is 6.05. The molecule has 2 aliphatic rings. The molecule has 5 nitrogen and oxygen atoms in total. The fourth-order valence-corrected chi connectivity index (χ4v) is 4.17. The van der Waals surface area contributed by atoms with Gasteiger partial charge in [-0.15, -0.1) is 24.0 Å². The number of hydrogen-bond acceptors (Lipinski definition) is 3. The molecule has 0 amide bonds. The van der Waals surface area contributed by atoms with E-state index in [1.54, 1.807) is 0 Å². The van der Waals surface area contributed by atoms with Crippen molar-refractivity contribution in [3.05, 3.63) is 34.3 Å². The van der Waals surface area contributed by atoms with Crippen LogP contribution in [0.3, 0.4) is 0 Å². The van der Waals surface area contributed by atoms with E-state index in [-0.39, 0.29) is 24.0 Å². The third-order valence-electron chi connectivity index (χ3n) is 5.52. The zero-order chi connectivity index (χ0) is 18.4. The van der Waals surface area contributed by atoms with Gasteiger partial charge in [0, 0.05) is 50.3 Å². The zero-order valence-corrected chi connectivity index (χ0v) is 20.4. The van der Waals surface area contributed by atoms with E-state index < -0.39 is 0 Å². The van der Waals surface area contributed by atoms with Crippen LogP contribution in [0.1, 0.15) is 24.8 Å². The lowest BCUT2D eigenvalue weighted by Crippen LogP contribution is -2.49. The minimum Gasteiger partial charge on any atom is -0.356 e. The van der Waals surface area contributed by atoms with Crippen molar-refractivity contribution in [3.8, 4) is 0 Å². The smallest absolute Gasteiger partial charge is 0.191 e. The van der Waals surface area contributed by atoms with Crippen molar-refractivity contribution in [1.82, 2.24) is 20.4 Å². The summed E-state index contributed by atoms with van der Waals surface area (Å²) in [7, 11) is 4.08. The summed E-state index contributed by atoms with van der Waals surface area (Å²) < 4.78 is 1.15. The number of nitrogens with one attached hydrogen (secondary N) is 2. The van der Waals surface area contributed by atoms with Crippen LogP contribution in [-0.4, -0.2) is 68.6 Å². The third kappa shape index (κ3) is 7.51. The summed E-state index contributed by atoms with van der Waals surface area (Å²) in [6.07, 6.45) is 3.63. The van der Waals surface area contributed by atoms with Crippen molar-refractivity contribution in [2.24, 2.45) is 10.9 Å². The Balaban J connectivity index is 0.00000261. The van der Waals surface area contributed by atoms with Crippen LogP contribution in [0.5, 0.6) is 0 Å². The number of piperidine rings is 1. The molecule has 2 heterocycles. The lowest BCUT2D eigenvalue weighted by atomic mass is 10.0. The molecule has 3 rings (SSSR count). The van der Waals surface area contributed by atoms with E-state index >= 15 is 0 Å². The highest BCUT2D eigenvalue weighted by molar-refractivity contribution is 14.0. The Kier molecular flexibility index (Phi) is 9.82. The molecule has 7 heteroatoms. The first-order chi connectivity index (χ1) is 12.6. The van der Waals surface area contributed by atoms with Gasteiger partial charge < -0.3 is 15.5 Å². The van der Waals surface area contributed by atoms with Gasteiger partial charge in [-0.25, -0.2) is 0 Å². The monoisotopic (exact) mass is 549 g/mol. The zero-order valence-electron chi connectivity index (χ0n) is 16.5. The summed E-state index contributed by atoms with van der Waals surface area (Å²) in [4.78, 5) is 9.37. The Labute approximate surface area is 189 Å². The second-order valence-corrected chi connectivity index (χ2v) is 8.61. The van der Waals surface area contributed by atoms with Crippen molar-refractivity contribution in [2.75, 3.05) is 46.8 Å². The number of halogens is 2. The lowest BCUT2D eigenvalue weighted by molar-refractivity contribution is 0.198. The largest absolute Gasteiger partial charge is 0.356 e. The molecule has 0 spiro atoms. The second kappa shape index (κ2) is 11.6. The SMILES string of the molecule is CN=C(NCC1CCN(C)C1)NC1CCN(Cc2ccc(Br)cc2)CC1.I. The number of guanidine groups is 1. The van der Waals surface area contributed by atoms with Crippen LogP contribution in [0.2, 0.25) is 0 Å². The summed E-state index contributed by atoms with van der Waals surface area (Å²) in [5.74, 6) is 1.71. The number of hydrogen-bond donors (Lipinski definition) is 2. The van der Waals surface area contributed by atoms with E-state index in [2.05, 4.69) is 72.7 Å². The van der Waals surface area contributed by atoms with Gasteiger partial charge in [0.25, 0.3) is 0 Å². The molecule has 2 aliphatic heterocycles. The summed E-state index contributed by atoms with van der Waals surface area (Å²) in [6.45, 7) is 6.75. The predicted octanol–water partition coefficient (Wildman–Crippen LogP) is 3.15. The van der Waals surface area contributed by atoms with Gasteiger partial charge in [-0.3, -0.25) is 9.89 Å². The minimum atomic E-state index is 0. The molecule has 2 N–H and O–H groups in total. The van der Waals surface area contributed by atoms with Gasteiger partial charge in [-0.2, -0.15) is 0 Å². The number of likely N-dealkylation sites (tertiary alicyclic amines) is 2. The maximum Gasteiger partial charge on any atom is 0.191 e. The molecule has 2 fully saturated rings. The van der Waals surface area contributed by atoms with Gasteiger partial charge in [0.2, 0.25) is 0 Å².